The lowest BCUT2D eigenvalue weighted by atomic mass is 10.2. The molecule has 0 spiro atoms. The normalized spacial score (nSPS) is 14.3. The van der Waals surface area contributed by atoms with Gasteiger partial charge in [0, 0.05) is 13.6 Å². The van der Waals surface area contributed by atoms with Crippen LogP contribution in [-0.4, -0.2) is 39.1 Å². The van der Waals surface area contributed by atoms with E-state index in [0.29, 0.717) is 6.54 Å². The Labute approximate surface area is 103 Å². The van der Waals surface area contributed by atoms with Gasteiger partial charge in [0.25, 0.3) is 5.91 Å². The van der Waals surface area contributed by atoms with Gasteiger partial charge in [-0.15, -0.1) is 0 Å². The van der Waals surface area contributed by atoms with Crippen molar-refractivity contribution in [2.24, 2.45) is 12.1 Å². The maximum absolute atomic E-state index is 11.5. The molecule has 2 heterocycles. The maximum Gasteiger partial charge on any atom is 0.268 e. The molecule has 0 unspecified atom stereocenters. The molecule has 0 atom stereocenters. The van der Waals surface area contributed by atoms with Gasteiger partial charge < -0.3 is 5.32 Å². The monoisotopic (exact) mass is 250 g/mol. The molecular weight excluding hydrogens is 236 g/mol. The average molecular weight is 250 g/mol. The summed E-state index contributed by atoms with van der Waals surface area (Å²) in [5.74, 6) is -0.549. The van der Waals surface area contributed by atoms with Crippen molar-refractivity contribution in [1.29, 1.82) is 0 Å². The van der Waals surface area contributed by atoms with Gasteiger partial charge in [0.05, 0.1) is 18.3 Å². The molecule has 0 aromatic carbocycles. The van der Waals surface area contributed by atoms with Gasteiger partial charge in [0.2, 0.25) is 5.91 Å². The van der Waals surface area contributed by atoms with Crippen LogP contribution in [0.15, 0.2) is 11.3 Å². The SMILES string of the molecule is Cn1ncc(CCCNC(=O)C2=NNC(=O)C2)n1. The zero-order valence-electron chi connectivity index (χ0n) is 10.0. The molecule has 0 saturated carbocycles. The molecule has 0 saturated heterocycles. The third kappa shape index (κ3) is 3.12. The second-order valence-electron chi connectivity index (χ2n) is 3.96. The van der Waals surface area contributed by atoms with Crippen LogP contribution in [-0.2, 0) is 23.1 Å². The largest absolute Gasteiger partial charge is 0.351 e. The molecule has 0 bridgehead atoms. The molecule has 1 aliphatic heterocycles. The minimum absolute atomic E-state index is 0.0516. The molecule has 0 aliphatic carbocycles. The fraction of sp³-hybridized carbons (Fsp3) is 0.500. The average Bonchev–Trinajstić information content (AvgIpc) is 2.93. The van der Waals surface area contributed by atoms with Crippen LogP contribution in [0.25, 0.3) is 0 Å². The lowest BCUT2D eigenvalue weighted by Gasteiger charge is -2.02. The molecule has 18 heavy (non-hydrogen) atoms. The van der Waals surface area contributed by atoms with Gasteiger partial charge >= 0.3 is 0 Å². The van der Waals surface area contributed by atoms with Gasteiger partial charge in [0.1, 0.15) is 5.71 Å². The number of nitrogens with zero attached hydrogens (tertiary/aromatic N) is 4. The topological polar surface area (TPSA) is 101 Å². The number of carbonyl (C=O) groups excluding carboxylic acids is 2. The van der Waals surface area contributed by atoms with E-state index in [1.807, 2.05) is 0 Å². The summed E-state index contributed by atoms with van der Waals surface area (Å²) in [5.41, 5.74) is 3.36. The summed E-state index contributed by atoms with van der Waals surface area (Å²) >= 11 is 0. The summed E-state index contributed by atoms with van der Waals surface area (Å²) in [4.78, 5) is 23.9. The minimum Gasteiger partial charge on any atom is -0.351 e. The van der Waals surface area contributed by atoms with E-state index in [1.54, 1.807) is 13.2 Å². The highest BCUT2D eigenvalue weighted by Gasteiger charge is 2.20. The van der Waals surface area contributed by atoms with Crippen LogP contribution in [0.5, 0.6) is 0 Å². The Kier molecular flexibility index (Phi) is 3.66. The number of amides is 2. The van der Waals surface area contributed by atoms with Crippen molar-refractivity contribution in [3.05, 3.63) is 11.9 Å². The molecule has 1 aliphatic rings. The highest BCUT2D eigenvalue weighted by Crippen LogP contribution is 1.97. The quantitative estimate of drug-likeness (QED) is 0.637. The lowest BCUT2D eigenvalue weighted by Crippen LogP contribution is -2.31. The smallest absolute Gasteiger partial charge is 0.268 e. The number of hydrogen-bond acceptors (Lipinski definition) is 5. The van der Waals surface area contributed by atoms with Crippen molar-refractivity contribution in [3.8, 4) is 0 Å². The van der Waals surface area contributed by atoms with Crippen LogP contribution in [0.2, 0.25) is 0 Å². The standard InChI is InChI=1S/C10H14N6O2/c1-16-12-6-7(15-16)3-2-4-11-10(18)8-5-9(17)14-13-8/h6H,2-5H2,1H3,(H,11,18)(H,14,17). The van der Waals surface area contributed by atoms with E-state index in [4.69, 9.17) is 0 Å². The molecule has 2 amide bonds. The third-order valence-corrected chi connectivity index (χ3v) is 2.45. The second-order valence-corrected chi connectivity index (χ2v) is 3.96. The fourth-order valence-electron chi connectivity index (χ4n) is 1.57. The zero-order valence-corrected chi connectivity index (χ0v) is 10.0. The van der Waals surface area contributed by atoms with Crippen LogP contribution in [0.1, 0.15) is 18.5 Å². The molecule has 1 aromatic rings. The van der Waals surface area contributed by atoms with Crippen molar-refractivity contribution < 1.29 is 9.59 Å². The minimum atomic E-state index is -0.299. The van der Waals surface area contributed by atoms with Crippen molar-refractivity contribution in [3.63, 3.8) is 0 Å². The summed E-state index contributed by atoms with van der Waals surface area (Å²) in [5, 5.41) is 14.4. The van der Waals surface area contributed by atoms with E-state index in [9.17, 15) is 9.59 Å². The summed E-state index contributed by atoms with van der Waals surface area (Å²) in [7, 11) is 1.76. The Balaban J connectivity index is 1.66. The molecule has 1 aromatic heterocycles. The van der Waals surface area contributed by atoms with Crippen LogP contribution in [0.3, 0.4) is 0 Å². The number of nitrogens with one attached hydrogen (secondary N) is 2. The molecule has 96 valence electrons. The molecular formula is C10H14N6O2. The number of hydrogen-bond donors (Lipinski definition) is 2. The van der Waals surface area contributed by atoms with Gasteiger partial charge in [-0.3, -0.25) is 9.59 Å². The first kappa shape index (κ1) is 12.2. The fourth-order valence-corrected chi connectivity index (χ4v) is 1.57. The number of carbonyl (C=O) groups is 2. The molecule has 8 heteroatoms. The maximum atomic E-state index is 11.5. The van der Waals surface area contributed by atoms with Gasteiger partial charge in [-0.25, -0.2) is 5.43 Å². The molecule has 0 fully saturated rings. The van der Waals surface area contributed by atoms with Gasteiger partial charge in [0.15, 0.2) is 0 Å². The van der Waals surface area contributed by atoms with E-state index in [-0.39, 0.29) is 23.9 Å². The highest BCUT2D eigenvalue weighted by molar-refractivity contribution is 6.43. The first-order valence-corrected chi connectivity index (χ1v) is 5.64. The Morgan fingerprint density at radius 2 is 2.44 bits per heavy atom. The number of aryl methyl sites for hydroxylation is 2. The summed E-state index contributed by atoms with van der Waals surface area (Å²) in [6.07, 6.45) is 3.26. The first-order chi connectivity index (χ1) is 8.65. The van der Waals surface area contributed by atoms with E-state index in [2.05, 4.69) is 26.0 Å². The molecule has 2 rings (SSSR count). The van der Waals surface area contributed by atoms with E-state index >= 15 is 0 Å². The van der Waals surface area contributed by atoms with Crippen LogP contribution in [0, 0.1) is 0 Å². The summed E-state index contributed by atoms with van der Waals surface area (Å²) < 4.78 is 0. The van der Waals surface area contributed by atoms with Gasteiger partial charge in [-0.05, 0) is 12.8 Å². The van der Waals surface area contributed by atoms with Crippen LogP contribution < -0.4 is 10.7 Å². The lowest BCUT2D eigenvalue weighted by molar-refractivity contribution is -0.120. The van der Waals surface area contributed by atoms with Crippen LogP contribution in [0.4, 0.5) is 0 Å². The summed E-state index contributed by atoms with van der Waals surface area (Å²) in [6.45, 7) is 0.516. The Morgan fingerprint density at radius 3 is 3.06 bits per heavy atom. The zero-order chi connectivity index (χ0) is 13.0. The third-order valence-electron chi connectivity index (χ3n) is 2.45. The highest BCUT2D eigenvalue weighted by atomic mass is 16.2. The Bertz CT molecular complexity index is 492. The Hall–Kier alpha value is -2.25. The van der Waals surface area contributed by atoms with Gasteiger partial charge in [-0.2, -0.15) is 20.1 Å². The second kappa shape index (κ2) is 5.39. The predicted molar refractivity (Wildman–Crippen MR) is 62.5 cm³/mol. The van der Waals surface area contributed by atoms with Crippen molar-refractivity contribution in [1.82, 2.24) is 25.7 Å². The van der Waals surface area contributed by atoms with Crippen LogP contribution >= 0.6 is 0 Å². The van der Waals surface area contributed by atoms with Crippen molar-refractivity contribution in [2.75, 3.05) is 6.54 Å². The molecule has 2 N–H and O–H groups in total. The Morgan fingerprint density at radius 1 is 1.61 bits per heavy atom. The van der Waals surface area contributed by atoms with E-state index in [1.165, 1.54) is 4.80 Å². The summed E-state index contributed by atoms with van der Waals surface area (Å²) in [6, 6.07) is 0. The first-order valence-electron chi connectivity index (χ1n) is 5.64. The molecule has 8 nitrogen and oxygen atoms in total. The van der Waals surface area contributed by atoms with Gasteiger partial charge in [-0.1, -0.05) is 0 Å². The number of aromatic nitrogens is 3. The van der Waals surface area contributed by atoms with Crippen molar-refractivity contribution in [2.45, 2.75) is 19.3 Å². The predicted octanol–water partition coefficient (Wildman–Crippen LogP) is -1.26. The number of hydrazone groups is 1. The van der Waals surface area contributed by atoms with E-state index < -0.39 is 0 Å². The van der Waals surface area contributed by atoms with Crippen molar-refractivity contribution >= 4 is 17.5 Å². The molecule has 0 radical (unpaired) electrons. The van der Waals surface area contributed by atoms with E-state index in [0.717, 1.165) is 18.5 Å². The number of rotatable bonds is 5.